The van der Waals surface area contributed by atoms with Crippen LogP contribution in [0.5, 0.6) is 5.75 Å². The van der Waals surface area contributed by atoms with Gasteiger partial charge in [-0.1, -0.05) is 49.8 Å². The van der Waals surface area contributed by atoms with E-state index in [1.807, 2.05) is 77.1 Å². The van der Waals surface area contributed by atoms with Crippen molar-refractivity contribution in [3.8, 4) is 5.75 Å². The van der Waals surface area contributed by atoms with Crippen molar-refractivity contribution < 1.29 is 19.4 Å². The molecule has 0 fully saturated rings. The van der Waals surface area contributed by atoms with Crippen LogP contribution in [0.4, 0.5) is 0 Å². The van der Waals surface area contributed by atoms with Crippen LogP contribution in [0.3, 0.4) is 0 Å². The van der Waals surface area contributed by atoms with Crippen molar-refractivity contribution in [3.05, 3.63) is 101 Å². The summed E-state index contributed by atoms with van der Waals surface area (Å²) in [7, 11) is 1.67. The lowest BCUT2D eigenvalue weighted by molar-refractivity contribution is 0.0532. The maximum Gasteiger partial charge on any atom is 0.335 e. The summed E-state index contributed by atoms with van der Waals surface area (Å²) < 4.78 is 12.2. The standard InChI is InChI=1S/C31H37NO4/c1-8-10-14-27-29(36-31(4,5)6)19-23(25-13-11-12-15-28(25)35-7)20-32(27)26(9-2)22-16-17-24(30(33)34)21(3)18-22/h9,11-20H,8,10H2,1-7H3,(H,33,34)/b26-9-,27-14+. The number of ether oxygens (including phenoxy) is 2. The van der Waals surface area contributed by atoms with Crippen molar-refractivity contribution in [1.29, 1.82) is 0 Å². The van der Waals surface area contributed by atoms with Gasteiger partial charge in [-0.15, -0.1) is 0 Å². The molecule has 0 bridgehead atoms. The number of hydrogen-bond donors (Lipinski definition) is 1. The van der Waals surface area contributed by atoms with Crippen molar-refractivity contribution in [1.82, 2.24) is 4.90 Å². The Bertz CT molecular complexity index is 1240. The number of unbranched alkanes of at least 4 members (excludes halogenated alkanes) is 1. The highest BCUT2D eigenvalue weighted by atomic mass is 16.5. The third-order valence-electron chi connectivity index (χ3n) is 5.81. The van der Waals surface area contributed by atoms with Crippen LogP contribution >= 0.6 is 0 Å². The Morgan fingerprint density at radius 2 is 1.86 bits per heavy atom. The number of aryl methyl sites for hydroxylation is 1. The number of nitrogens with zero attached hydrogens (tertiary/aromatic N) is 1. The average Bonchev–Trinajstić information content (AvgIpc) is 2.82. The largest absolute Gasteiger partial charge is 0.496 e. The molecule has 1 aliphatic rings. The van der Waals surface area contributed by atoms with E-state index in [4.69, 9.17) is 9.47 Å². The van der Waals surface area contributed by atoms with Gasteiger partial charge in [-0.05, 0) is 76.4 Å². The molecule has 0 aliphatic carbocycles. The van der Waals surface area contributed by atoms with Gasteiger partial charge in [0.15, 0.2) is 0 Å². The molecule has 3 rings (SSSR count). The molecule has 1 heterocycles. The van der Waals surface area contributed by atoms with E-state index in [9.17, 15) is 9.90 Å². The molecule has 1 aliphatic heterocycles. The van der Waals surface area contributed by atoms with Crippen molar-refractivity contribution in [3.63, 3.8) is 0 Å². The van der Waals surface area contributed by atoms with E-state index in [-0.39, 0.29) is 0 Å². The van der Waals surface area contributed by atoms with E-state index in [2.05, 4.69) is 30.2 Å². The molecule has 0 amide bonds. The van der Waals surface area contributed by atoms with Gasteiger partial charge in [-0.3, -0.25) is 0 Å². The molecule has 0 unspecified atom stereocenters. The number of hydrogen-bond acceptors (Lipinski definition) is 4. The van der Waals surface area contributed by atoms with E-state index < -0.39 is 11.6 Å². The highest BCUT2D eigenvalue weighted by molar-refractivity contribution is 5.90. The monoisotopic (exact) mass is 487 g/mol. The molecule has 0 saturated carbocycles. The molecule has 5 heteroatoms. The summed E-state index contributed by atoms with van der Waals surface area (Å²) in [5, 5.41) is 9.51. The van der Waals surface area contributed by atoms with Crippen LogP contribution in [0.1, 0.15) is 74.5 Å². The molecule has 190 valence electrons. The van der Waals surface area contributed by atoms with E-state index in [0.717, 1.165) is 52.4 Å². The molecule has 0 atom stereocenters. The van der Waals surface area contributed by atoms with Crippen LogP contribution in [0.2, 0.25) is 0 Å². The summed E-state index contributed by atoms with van der Waals surface area (Å²) in [4.78, 5) is 13.7. The van der Waals surface area contributed by atoms with Gasteiger partial charge in [0.2, 0.25) is 0 Å². The predicted octanol–water partition coefficient (Wildman–Crippen LogP) is 7.80. The van der Waals surface area contributed by atoms with Gasteiger partial charge in [0.1, 0.15) is 17.1 Å². The Morgan fingerprint density at radius 3 is 2.44 bits per heavy atom. The number of allylic oxidation sites excluding steroid dienone is 4. The van der Waals surface area contributed by atoms with E-state index in [0.29, 0.717) is 11.1 Å². The second kappa shape index (κ2) is 11.3. The van der Waals surface area contributed by atoms with Gasteiger partial charge in [0.05, 0.1) is 18.4 Å². The molecule has 1 N–H and O–H groups in total. The highest BCUT2D eigenvalue weighted by Gasteiger charge is 2.28. The van der Waals surface area contributed by atoms with Gasteiger partial charge < -0.3 is 19.5 Å². The van der Waals surface area contributed by atoms with E-state index in [1.54, 1.807) is 13.2 Å². The Labute approximate surface area is 215 Å². The highest BCUT2D eigenvalue weighted by Crippen LogP contribution is 2.40. The third-order valence-corrected chi connectivity index (χ3v) is 5.81. The fourth-order valence-corrected chi connectivity index (χ4v) is 4.21. The summed E-state index contributed by atoms with van der Waals surface area (Å²) in [6.07, 6.45) is 10.3. The molecule has 5 nitrogen and oxygen atoms in total. The Hall–Kier alpha value is -3.73. The zero-order valence-electron chi connectivity index (χ0n) is 22.4. The first-order valence-electron chi connectivity index (χ1n) is 12.4. The normalized spacial score (nSPS) is 15.5. The second-order valence-electron chi connectivity index (χ2n) is 9.76. The van der Waals surface area contributed by atoms with Crippen LogP contribution in [0.15, 0.2) is 78.3 Å². The van der Waals surface area contributed by atoms with Crippen LogP contribution < -0.4 is 4.74 Å². The fraction of sp³-hybridized carbons (Fsp3) is 0.323. The number of methoxy groups -OCH3 is 1. The van der Waals surface area contributed by atoms with Gasteiger partial charge in [0.25, 0.3) is 0 Å². The summed E-state index contributed by atoms with van der Waals surface area (Å²) in [6.45, 7) is 12.1. The number of para-hydroxylation sites is 1. The first kappa shape index (κ1) is 26.9. The number of carboxylic acids is 1. The lowest BCUT2D eigenvalue weighted by Crippen LogP contribution is -2.27. The minimum Gasteiger partial charge on any atom is -0.496 e. The van der Waals surface area contributed by atoms with Gasteiger partial charge in [-0.2, -0.15) is 0 Å². The lowest BCUT2D eigenvalue weighted by atomic mass is 9.97. The summed E-state index contributed by atoms with van der Waals surface area (Å²) >= 11 is 0. The lowest BCUT2D eigenvalue weighted by Gasteiger charge is -2.35. The quantitative estimate of drug-likeness (QED) is 0.412. The van der Waals surface area contributed by atoms with Crippen molar-refractivity contribution in [2.45, 2.75) is 60.0 Å². The number of benzene rings is 2. The van der Waals surface area contributed by atoms with Crippen LogP contribution in [-0.2, 0) is 4.74 Å². The average molecular weight is 488 g/mol. The maximum absolute atomic E-state index is 11.6. The van der Waals surface area contributed by atoms with Gasteiger partial charge in [0, 0.05) is 23.0 Å². The third kappa shape index (κ3) is 6.09. The minimum absolute atomic E-state index is 0.302. The molecule has 2 aromatic rings. The van der Waals surface area contributed by atoms with Crippen molar-refractivity contribution >= 4 is 17.2 Å². The Morgan fingerprint density at radius 1 is 1.14 bits per heavy atom. The smallest absolute Gasteiger partial charge is 0.335 e. The van der Waals surface area contributed by atoms with Crippen LogP contribution in [0.25, 0.3) is 11.3 Å². The molecule has 36 heavy (non-hydrogen) atoms. The number of carboxylic acid groups (broad SMARTS) is 1. The molecule has 0 saturated heterocycles. The van der Waals surface area contributed by atoms with Gasteiger partial charge >= 0.3 is 5.97 Å². The first-order valence-corrected chi connectivity index (χ1v) is 12.4. The molecule has 2 aromatic carbocycles. The number of aromatic carboxylic acids is 1. The zero-order chi connectivity index (χ0) is 26.5. The molecular formula is C31H37NO4. The summed E-state index contributed by atoms with van der Waals surface area (Å²) in [5.74, 6) is 0.627. The molecule has 0 radical (unpaired) electrons. The van der Waals surface area contributed by atoms with Crippen LogP contribution in [0, 0.1) is 6.92 Å². The first-order chi connectivity index (χ1) is 17.1. The second-order valence-corrected chi connectivity index (χ2v) is 9.76. The van der Waals surface area contributed by atoms with E-state index in [1.165, 1.54) is 0 Å². The zero-order valence-corrected chi connectivity index (χ0v) is 22.4. The van der Waals surface area contributed by atoms with E-state index >= 15 is 0 Å². The predicted molar refractivity (Wildman–Crippen MR) is 147 cm³/mol. The topological polar surface area (TPSA) is 59.0 Å². The van der Waals surface area contributed by atoms with Crippen molar-refractivity contribution in [2.75, 3.05) is 7.11 Å². The maximum atomic E-state index is 11.6. The Balaban J connectivity index is 2.24. The molecule has 0 aromatic heterocycles. The number of rotatable bonds is 8. The van der Waals surface area contributed by atoms with Crippen LogP contribution in [-0.4, -0.2) is 28.7 Å². The molecule has 0 spiro atoms. The fourth-order valence-electron chi connectivity index (χ4n) is 4.21. The molecular weight excluding hydrogens is 450 g/mol. The SMILES string of the molecule is C/C=C(/c1ccc(C(=O)O)c(C)c1)N1C=C(c2ccccc2OC)C=C(OC(C)(C)C)/C1=C\CCC. The van der Waals surface area contributed by atoms with Crippen molar-refractivity contribution in [2.24, 2.45) is 0 Å². The summed E-state index contributed by atoms with van der Waals surface area (Å²) in [5.41, 5.74) is 5.35. The van der Waals surface area contributed by atoms with Gasteiger partial charge in [-0.25, -0.2) is 4.79 Å². The Kier molecular flexibility index (Phi) is 8.46. The minimum atomic E-state index is -0.926. The number of carbonyl (C=O) groups is 1. The summed E-state index contributed by atoms with van der Waals surface area (Å²) in [6, 6.07) is 13.4.